The zero-order valence-electron chi connectivity index (χ0n) is 49.2. The molecule has 0 atom stereocenters. The van der Waals surface area contributed by atoms with Crippen molar-refractivity contribution in [1.29, 1.82) is 0 Å². The average Bonchev–Trinajstić information content (AvgIpc) is 0.980. The summed E-state index contributed by atoms with van der Waals surface area (Å²) in [5.41, 5.74) is 8.31. The summed E-state index contributed by atoms with van der Waals surface area (Å²) >= 11 is 26.0. The lowest BCUT2D eigenvalue weighted by Crippen LogP contribution is -2.25. The Labute approximate surface area is 538 Å². The van der Waals surface area contributed by atoms with Crippen LogP contribution in [0.4, 0.5) is 51.6 Å². The first-order valence-electron chi connectivity index (χ1n) is 27.6. The summed E-state index contributed by atoms with van der Waals surface area (Å²) in [6.45, 7) is 6.99. The molecular weight excluding hydrogens is 1270 g/mol. The highest BCUT2D eigenvalue weighted by molar-refractivity contribution is 7.90. The average molecular weight is 1330 g/mol. The third kappa shape index (κ3) is 17.3. The molecule has 0 unspecified atom stereocenters. The molecule has 4 aromatic carbocycles. The van der Waals surface area contributed by atoms with E-state index in [0.29, 0.717) is 99.1 Å². The minimum atomic E-state index is -3.50. The number of anilines is 7. The number of ether oxygens (including phenoxy) is 6. The van der Waals surface area contributed by atoms with Crippen molar-refractivity contribution in [3.8, 4) is 57.0 Å². The van der Waals surface area contributed by atoms with Gasteiger partial charge in [0.1, 0.15) is 109 Å². The van der Waals surface area contributed by atoms with Gasteiger partial charge in [0.05, 0.1) is 73.2 Å². The van der Waals surface area contributed by atoms with Gasteiger partial charge in [0.2, 0.25) is 0 Å². The minimum absolute atomic E-state index is 0.101. The van der Waals surface area contributed by atoms with E-state index < -0.39 is 19.7 Å². The van der Waals surface area contributed by atoms with Crippen molar-refractivity contribution >= 4 is 108 Å². The molecule has 2 fully saturated rings. The Kier molecular flexibility index (Phi) is 23.5. The Morgan fingerprint density at radius 2 is 0.989 bits per heavy atom. The zero-order chi connectivity index (χ0) is 64.5. The van der Waals surface area contributed by atoms with Crippen molar-refractivity contribution in [2.24, 2.45) is 0 Å². The summed E-state index contributed by atoms with van der Waals surface area (Å²) in [4.78, 5) is 51.7. The molecule has 31 heteroatoms. The number of pyridine rings is 2. The molecule has 2 aliphatic heterocycles. The summed E-state index contributed by atoms with van der Waals surface area (Å²) < 4.78 is 56.3. The van der Waals surface area contributed by atoms with Gasteiger partial charge >= 0.3 is 0 Å². The van der Waals surface area contributed by atoms with Crippen molar-refractivity contribution < 1.29 is 46.7 Å². The van der Waals surface area contributed by atoms with E-state index in [1.807, 2.05) is 0 Å². The van der Waals surface area contributed by atoms with Gasteiger partial charge in [0.15, 0.2) is 14.9 Å². The number of nitrogens with two attached hydrogens (primary N) is 1. The van der Waals surface area contributed by atoms with E-state index in [0.717, 1.165) is 45.5 Å². The van der Waals surface area contributed by atoms with Crippen LogP contribution in [-0.2, 0) is 9.84 Å². The molecule has 90 heavy (non-hydrogen) atoms. The Morgan fingerprint density at radius 1 is 0.556 bits per heavy atom. The van der Waals surface area contributed by atoms with E-state index in [4.69, 9.17) is 80.6 Å². The van der Waals surface area contributed by atoms with Crippen LogP contribution in [-0.4, -0.2) is 145 Å². The number of sulfone groups is 1. The van der Waals surface area contributed by atoms with Crippen molar-refractivity contribution in [2.75, 3.05) is 109 Å². The van der Waals surface area contributed by atoms with Crippen LogP contribution in [0.25, 0.3) is 22.5 Å². The molecule has 474 valence electrons. The van der Waals surface area contributed by atoms with E-state index >= 15 is 0 Å². The molecule has 0 spiro atoms. The largest absolute Gasteiger partial charge is 0.495 e. The Morgan fingerprint density at radius 3 is 1.43 bits per heavy atom. The number of nitro benzene ring substituents is 2. The Hall–Kier alpha value is -8.83. The summed E-state index contributed by atoms with van der Waals surface area (Å²) in [7, 11) is 2.41. The lowest BCUT2D eigenvalue weighted by Gasteiger charge is -2.17. The lowest BCUT2D eigenvalue weighted by atomic mass is 10.1. The SMILES string of the molecule is COc1cc(OC)c(Cl)c(Nc2ncccc2-c2cc(Nc3ccc(OCCN4CCCC4)cc3[N+](=O)[O-])ncn2)c1Cl.COc1cc(OC)c(Cl)c(Nc2ncccc2-c2cc(S(C)(=O)=O)ncn2)c1Cl.Nc1ccc(OCCN2CCCC2)cc1[N+](=O)[O-]. The molecule has 0 radical (unpaired) electrons. The molecule has 0 aliphatic carbocycles. The van der Waals surface area contributed by atoms with Crippen LogP contribution in [0.1, 0.15) is 25.7 Å². The number of hydrogen-bond donors (Lipinski definition) is 4. The molecular formula is C59H62Cl4N14O12S. The van der Waals surface area contributed by atoms with Gasteiger partial charge in [-0.15, -0.1) is 0 Å². The number of benzene rings is 4. The fourth-order valence-corrected chi connectivity index (χ4v) is 11.0. The normalized spacial score (nSPS) is 13.0. The number of methoxy groups -OCH3 is 4. The smallest absolute Gasteiger partial charge is 0.296 e. The molecule has 4 aromatic heterocycles. The number of rotatable bonds is 23. The second-order valence-corrected chi connectivity index (χ2v) is 23.2. The van der Waals surface area contributed by atoms with E-state index in [-0.39, 0.29) is 47.9 Å². The monoisotopic (exact) mass is 1330 g/mol. The summed E-state index contributed by atoms with van der Waals surface area (Å²) in [6, 6.07) is 22.4. The number of hydrogen-bond acceptors (Lipinski definition) is 24. The Balaban J connectivity index is 0.000000191. The molecule has 26 nitrogen and oxygen atoms in total. The zero-order valence-corrected chi connectivity index (χ0v) is 53.1. The lowest BCUT2D eigenvalue weighted by molar-refractivity contribution is -0.384. The number of aromatic nitrogens is 6. The fraction of sp³-hybridized carbons (Fsp3) is 0.288. The maximum Gasteiger partial charge on any atom is 0.296 e. The highest BCUT2D eigenvalue weighted by atomic mass is 35.5. The third-order valence-corrected chi connectivity index (χ3v) is 16.4. The number of nitrogens with one attached hydrogen (secondary N) is 3. The molecule has 2 aliphatic rings. The molecule has 0 amide bonds. The van der Waals surface area contributed by atoms with Gasteiger partial charge in [0.25, 0.3) is 11.4 Å². The quantitative estimate of drug-likeness (QED) is 0.0200. The molecule has 8 aromatic rings. The van der Waals surface area contributed by atoms with Gasteiger partial charge in [-0.3, -0.25) is 30.0 Å². The number of nitrogens with zero attached hydrogens (tertiary/aromatic N) is 10. The maximum atomic E-state index is 11.9. The number of nitrogen functional groups attached to an aromatic ring is 1. The number of nitro groups is 2. The van der Waals surface area contributed by atoms with Crippen molar-refractivity contribution in [3.05, 3.63) is 150 Å². The maximum absolute atomic E-state index is 11.9. The topological polar surface area (TPSA) is 322 Å². The summed E-state index contributed by atoms with van der Waals surface area (Å²) in [5, 5.41) is 32.8. The van der Waals surface area contributed by atoms with Crippen LogP contribution in [0.15, 0.2) is 115 Å². The van der Waals surface area contributed by atoms with Gasteiger partial charge in [-0.1, -0.05) is 46.4 Å². The van der Waals surface area contributed by atoms with Gasteiger partial charge in [-0.05, 0) is 100 Å². The van der Waals surface area contributed by atoms with Gasteiger partial charge in [-0.25, -0.2) is 38.3 Å². The molecule has 0 saturated carbocycles. The second kappa shape index (κ2) is 31.6. The standard InChI is InChI=1S/C29H29Cl2N7O5.C18H16Cl2N4O4S.C12H17N3O3/c1-41-23-16-24(42-2)27(31)28(26(23)30)36-29-19(6-5-9-32-29)21-15-25(34-17-33-21)35-20-8-7-18(14-22(20)38(39)40)43-13-12-37-10-3-4-11-37;1-27-12-8-13(28-2)16(20)17(15(12)19)24-18-10(5-4-6-21-18)11-7-14(23-9-22-11)29(3,25)26;13-11-4-3-10(9-12(11)15(16)17)18-8-7-14-5-1-2-6-14/h5-9,14-17H,3-4,10-13H2,1-2H3,(H,32,36)(H,33,34,35);4-9H,1-3H3,(H,21,24);3-4,9H,1-2,5-8,13H2. The first-order chi connectivity index (χ1) is 43.3. The fourth-order valence-electron chi connectivity index (χ4n) is 9.28. The van der Waals surface area contributed by atoms with E-state index in [9.17, 15) is 28.6 Å². The van der Waals surface area contributed by atoms with E-state index in [1.54, 1.807) is 73.1 Å². The molecule has 0 bridgehead atoms. The van der Waals surface area contributed by atoms with E-state index in [2.05, 4.69) is 55.7 Å². The van der Waals surface area contributed by atoms with Gasteiger partial charge in [-0.2, -0.15) is 0 Å². The molecule has 10 rings (SSSR count). The van der Waals surface area contributed by atoms with Crippen LogP contribution >= 0.6 is 46.4 Å². The van der Waals surface area contributed by atoms with Gasteiger partial charge < -0.3 is 50.1 Å². The van der Waals surface area contributed by atoms with Crippen LogP contribution in [0.5, 0.6) is 34.5 Å². The van der Waals surface area contributed by atoms with E-state index in [1.165, 1.54) is 91.0 Å². The first kappa shape index (κ1) is 67.1. The van der Waals surface area contributed by atoms with Crippen molar-refractivity contribution in [1.82, 2.24) is 39.7 Å². The Bertz CT molecular complexity index is 3910. The molecule has 6 heterocycles. The minimum Gasteiger partial charge on any atom is -0.495 e. The summed E-state index contributed by atoms with van der Waals surface area (Å²) in [6.07, 6.45) is 11.6. The van der Waals surface area contributed by atoms with Gasteiger partial charge in [0, 0.05) is 67.1 Å². The predicted molar refractivity (Wildman–Crippen MR) is 346 cm³/mol. The second-order valence-electron chi connectivity index (χ2n) is 19.8. The molecule has 2 saturated heterocycles. The number of halogens is 4. The van der Waals surface area contributed by atoms with Crippen LogP contribution in [0.3, 0.4) is 0 Å². The van der Waals surface area contributed by atoms with Crippen molar-refractivity contribution in [2.45, 2.75) is 30.7 Å². The first-order valence-corrected chi connectivity index (χ1v) is 31.0. The summed E-state index contributed by atoms with van der Waals surface area (Å²) in [5.74, 6) is 3.44. The predicted octanol–water partition coefficient (Wildman–Crippen LogP) is 12.4. The van der Waals surface area contributed by atoms with Crippen LogP contribution in [0, 0.1) is 20.2 Å². The van der Waals surface area contributed by atoms with Crippen LogP contribution < -0.4 is 50.1 Å². The molecule has 5 N–H and O–H groups in total. The van der Waals surface area contributed by atoms with Crippen molar-refractivity contribution in [3.63, 3.8) is 0 Å². The highest BCUT2D eigenvalue weighted by Gasteiger charge is 2.24. The van der Waals surface area contributed by atoms with Crippen LogP contribution in [0.2, 0.25) is 20.1 Å². The third-order valence-electron chi connectivity index (χ3n) is 13.9. The highest BCUT2D eigenvalue weighted by Crippen LogP contribution is 2.48. The number of likely N-dealkylation sites (tertiary alicyclic amines) is 2.